The number of anilines is 1. The lowest BCUT2D eigenvalue weighted by atomic mass is 10.1. The van der Waals surface area contributed by atoms with Crippen LogP contribution in [-0.2, 0) is 13.1 Å². The molecule has 3 aromatic rings. The van der Waals surface area contributed by atoms with Crippen molar-refractivity contribution < 1.29 is 14.0 Å². The first-order valence-electron chi connectivity index (χ1n) is 8.69. The number of nitrogens with one attached hydrogen (secondary N) is 2. The van der Waals surface area contributed by atoms with E-state index in [2.05, 4.69) is 25.8 Å². The largest absolute Gasteiger partial charge is 0.336 e. The van der Waals surface area contributed by atoms with E-state index in [1.165, 1.54) is 40.8 Å². The SMILES string of the molecule is Cc1cnncc1C(=O)N(C)Cc1csc(NC(=O)NCc2cccc(F)c2)n1. The van der Waals surface area contributed by atoms with Crippen molar-refractivity contribution in [3.05, 3.63) is 70.2 Å². The first kappa shape index (κ1) is 20.3. The second-order valence-corrected chi connectivity index (χ2v) is 7.19. The second-order valence-electron chi connectivity index (χ2n) is 6.33. The predicted molar refractivity (Wildman–Crippen MR) is 107 cm³/mol. The maximum absolute atomic E-state index is 13.2. The molecule has 0 aliphatic carbocycles. The van der Waals surface area contributed by atoms with Gasteiger partial charge in [-0.15, -0.1) is 11.3 Å². The molecular weight excluding hydrogens is 395 g/mol. The smallest absolute Gasteiger partial charge is 0.321 e. The number of amides is 3. The Balaban J connectivity index is 1.53. The Labute approximate surface area is 170 Å². The van der Waals surface area contributed by atoms with E-state index in [9.17, 15) is 14.0 Å². The molecule has 10 heteroatoms. The fourth-order valence-electron chi connectivity index (χ4n) is 2.53. The molecule has 0 radical (unpaired) electrons. The number of aryl methyl sites for hydroxylation is 1. The molecule has 150 valence electrons. The molecule has 3 amide bonds. The van der Waals surface area contributed by atoms with E-state index in [1.807, 2.05) is 0 Å². The van der Waals surface area contributed by atoms with Crippen LogP contribution in [0.2, 0.25) is 0 Å². The summed E-state index contributed by atoms with van der Waals surface area (Å²) in [6.07, 6.45) is 2.97. The van der Waals surface area contributed by atoms with E-state index in [0.717, 1.165) is 5.56 Å². The zero-order valence-corrected chi connectivity index (χ0v) is 16.7. The Morgan fingerprint density at radius 1 is 1.24 bits per heavy atom. The third kappa shape index (κ3) is 5.55. The van der Waals surface area contributed by atoms with E-state index in [-0.39, 0.29) is 24.8 Å². The lowest BCUT2D eigenvalue weighted by molar-refractivity contribution is 0.0782. The minimum atomic E-state index is -0.446. The molecule has 3 rings (SSSR count). The number of urea groups is 1. The van der Waals surface area contributed by atoms with Gasteiger partial charge < -0.3 is 10.2 Å². The van der Waals surface area contributed by atoms with Crippen LogP contribution in [0, 0.1) is 12.7 Å². The molecule has 0 fully saturated rings. The maximum Gasteiger partial charge on any atom is 0.321 e. The van der Waals surface area contributed by atoms with Gasteiger partial charge in [-0.3, -0.25) is 10.1 Å². The summed E-state index contributed by atoms with van der Waals surface area (Å²) in [5, 5.41) is 14.9. The van der Waals surface area contributed by atoms with Crippen LogP contribution in [0.25, 0.3) is 0 Å². The van der Waals surface area contributed by atoms with E-state index in [1.54, 1.807) is 31.5 Å². The number of hydrogen-bond donors (Lipinski definition) is 2. The maximum atomic E-state index is 13.2. The zero-order valence-electron chi connectivity index (χ0n) is 15.8. The van der Waals surface area contributed by atoms with Crippen LogP contribution in [0.4, 0.5) is 14.3 Å². The first-order valence-corrected chi connectivity index (χ1v) is 9.57. The van der Waals surface area contributed by atoms with Gasteiger partial charge in [0.2, 0.25) is 0 Å². The van der Waals surface area contributed by atoms with Gasteiger partial charge in [0.25, 0.3) is 5.91 Å². The molecule has 0 saturated heterocycles. The molecular formula is C19H19FN6O2S. The Morgan fingerprint density at radius 3 is 2.79 bits per heavy atom. The number of benzene rings is 1. The van der Waals surface area contributed by atoms with E-state index in [0.29, 0.717) is 22.0 Å². The number of aromatic nitrogens is 3. The lowest BCUT2D eigenvalue weighted by Gasteiger charge is -2.16. The number of hydrogen-bond acceptors (Lipinski definition) is 6. The summed E-state index contributed by atoms with van der Waals surface area (Å²) in [5.41, 5.74) is 2.52. The minimum Gasteiger partial charge on any atom is -0.336 e. The fourth-order valence-corrected chi connectivity index (χ4v) is 3.23. The van der Waals surface area contributed by atoms with Gasteiger partial charge in [0, 0.05) is 19.0 Å². The fraction of sp³-hybridized carbons (Fsp3) is 0.211. The van der Waals surface area contributed by atoms with E-state index >= 15 is 0 Å². The molecule has 2 aromatic heterocycles. The van der Waals surface area contributed by atoms with Gasteiger partial charge in [-0.25, -0.2) is 14.2 Å². The highest BCUT2D eigenvalue weighted by molar-refractivity contribution is 7.13. The van der Waals surface area contributed by atoms with Crippen LogP contribution in [0.5, 0.6) is 0 Å². The molecule has 0 unspecified atom stereocenters. The Kier molecular flexibility index (Phi) is 6.45. The van der Waals surface area contributed by atoms with Crippen molar-refractivity contribution in [2.45, 2.75) is 20.0 Å². The van der Waals surface area contributed by atoms with Crippen LogP contribution in [-0.4, -0.2) is 39.1 Å². The molecule has 1 aromatic carbocycles. The topological polar surface area (TPSA) is 100 Å². The predicted octanol–water partition coefficient (Wildman–Crippen LogP) is 2.97. The third-order valence-corrected chi connectivity index (χ3v) is 4.83. The van der Waals surface area contributed by atoms with E-state index in [4.69, 9.17) is 0 Å². The van der Waals surface area contributed by atoms with Crippen LogP contribution in [0.15, 0.2) is 42.0 Å². The Morgan fingerprint density at radius 2 is 2.03 bits per heavy atom. The van der Waals surface area contributed by atoms with Crippen molar-refractivity contribution in [3.63, 3.8) is 0 Å². The third-order valence-electron chi connectivity index (χ3n) is 4.02. The molecule has 2 N–H and O–H groups in total. The number of halogens is 1. The average Bonchev–Trinajstić information content (AvgIpc) is 3.13. The summed E-state index contributed by atoms with van der Waals surface area (Å²) in [6, 6.07) is 5.55. The molecule has 0 spiro atoms. The average molecular weight is 414 g/mol. The normalized spacial score (nSPS) is 10.4. The van der Waals surface area contributed by atoms with Crippen molar-refractivity contribution in [2.24, 2.45) is 0 Å². The standard InChI is InChI=1S/C19H19FN6O2S/c1-12-7-22-23-9-16(12)17(27)26(2)10-15-11-29-19(24-15)25-18(28)21-8-13-4-3-5-14(20)6-13/h3-7,9,11H,8,10H2,1-2H3,(H2,21,24,25,28). The molecule has 2 heterocycles. The summed E-state index contributed by atoms with van der Waals surface area (Å²) >= 11 is 1.25. The molecule has 0 bridgehead atoms. The second kappa shape index (κ2) is 9.20. The molecule has 0 saturated carbocycles. The highest BCUT2D eigenvalue weighted by atomic mass is 32.1. The highest BCUT2D eigenvalue weighted by Crippen LogP contribution is 2.17. The van der Waals surface area contributed by atoms with Gasteiger partial charge >= 0.3 is 6.03 Å². The Hall–Kier alpha value is -3.40. The van der Waals surface area contributed by atoms with Gasteiger partial charge in [0.05, 0.1) is 30.2 Å². The van der Waals surface area contributed by atoms with Gasteiger partial charge in [0.1, 0.15) is 5.82 Å². The molecule has 0 aliphatic rings. The summed E-state index contributed by atoms with van der Waals surface area (Å²) in [4.78, 5) is 30.4. The van der Waals surface area contributed by atoms with Crippen molar-refractivity contribution in [2.75, 3.05) is 12.4 Å². The summed E-state index contributed by atoms with van der Waals surface area (Å²) in [5.74, 6) is -0.543. The van der Waals surface area contributed by atoms with Crippen LogP contribution < -0.4 is 10.6 Å². The number of nitrogens with zero attached hydrogens (tertiary/aromatic N) is 4. The number of carbonyl (C=O) groups excluding carboxylic acids is 2. The van der Waals surface area contributed by atoms with Crippen LogP contribution in [0.1, 0.15) is 27.2 Å². The van der Waals surface area contributed by atoms with Crippen LogP contribution in [0.3, 0.4) is 0 Å². The zero-order chi connectivity index (χ0) is 20.8. The van der Waals surface area contributed by atoms with Crippen molar-refractivity contribution in [3.8, 4) is 0 Å². The van der Waals surface area contributed by atoms with Crippen molar-refractivity contribution in [1.82, 2.24) is 25.4 Å². The summed E-state index contributed by atoms with van der Waals surface area (Å²) in [7, 11) is 1.67. The van der Waals surface area contributed by atoms with Crippen molar-refractivity contribution >= 4 is 28.4 Å². The van der Waals surface area contributed by atoms with Gasteiger partial charge in [-0.1, -0.05) is 12.1 Å². The number of carbonyl (C=O) groups is 2. The van der Waals surface area contributed by atoms with Gasteiger partial charge in [-0.2, -0.15) is 10.2 Å². The molecule has 29 heavy (non-hydrogen) atoms. The number of thiazole rings is 1. The highest BCUT2D eigenvalue weighted by Gasteiger charge is 2.16. The summed E-state index contributed by atoms with van der Waals surface area (Å²) < 4.78 is 13.2. The molecule has 0 aliphatic heterocycles. The van der Waals surface area contributed by atoms with Gasteiger partial charge in [0.15, 0.2) is 5.13 Å². The van der Waals surface area contributed by atoms with E-state index < -0.39 is 6.03 Å². The van der Waals surface area contributed by atoms with Crippen molar-refractivity contribution in [1.29, 1.82) is 0 Å². The van der Waals surface area contributed by atoms with Gasteiger partial charge in [-0.05, 0) is 30.2 Å². The van der Waals surface area contributed by atoms with Crippen LogP contribution >= 0.6 is 11.3 Å². The molecule has 8 nitrogen and oxygen atoms in total. The first-order chi connectivity index (χ1) is 13.9. The molecule has 0 atom stereocenters. The monoisotopic (exact) mass is 414 g/mol. The lowest BCUT2D eigenvalue weighted by Crippen LogP contribution is -2.28. The number of rotatable bonds is 6. The minimum absolute atomic E-state index is 0.187. The quantitative estimate of drug-likeness (QED) is 0.646. The summed E-state index contributed by atoms with van der Waals surface area (Å²) in [6.45, 7) is 2.27. The Bertz CT molecular complexity index is 1030.